The van der Waals surface area contributed by atoms with Gasteiger partial charge in [-0.1, -0.05) is 38.1 Å². The monoisotopic (exact) mass is 346 g/mol. The van der Waals surface area contributed by atoms with E-state index in [1.165, 1.54) is 16.6 Å². The number of likely N-dealkylation sites (N-methyl/N-ethyl adjacent to an activating group) is 1. The van der Waals surface area contributed by atoms with Gasteiger partial charge in [0.05, 0.1) is 6.54 Å². The molecule has 1 heterocycles. The van der Waals surface area contributed by atoms with E-state index in [-0.39, 0.29) is 0 Å². The Morgan fingerprint density at radius 3 is 2.35 bits per heavy atom. The van der Waals surface area contributed by atoms with E-state index >= 15 is 0 Å². The summed E-state index contributed by atoms with van der Waals surface area (Å²) in [6, 6.07) is 21.0. The van der Waals surface area contributed by atoms with Gasteiger partial charge in [-0.2, -0.15) is 4.57 Å². The lowest BCUT2D eigenvalue weighted by molar-refractivity contribution is -0.672. The van der Waals surface area contributed by atoms with Gasteiger partial charge < -0.3 is 5.73 Å². The summed E-state index contributed by atoms with van der Waals surface area (Å²) in [7, 11) is 0. The van der Waals surface area contributed by atoms with Crippen molar-refractivity contribution in [3.8, 4) is 0 Å². The van der Waals surface area contributed by atoms with E-state index in [2.05, 4.69) is 71.9 Å². The number of hydrogen-bond donors (Lipinski definition) is 1. The van der Waals surface area contributed by atoms with Crippen LogP contribution in [-0.4, -0.2) is 24.5 Å². The summed E-state index contributed by atoms with van der Waals surface area (Å²) in [5, 5.41) is 1.27. The van der Waals surface area contributed by atoms with E-state index in [1.807, 2.05) is 24.3 Å². The second-order valence-corrected chi connectivity index (χ2v) is 6.50. The number of pyridine rings is 1. The number of para-hydroxylation sites is 1. The number of nitrogens with two attached hydrogens (primary N) is 1. The molecule has 0 fully saturated rings. The molecule has 3 rings (SSSR count). The summed E-state index contributed by atoms with van der Waals surface area (Å²) in [5.74, 6) is 0. The predicted octanol–water partition coefficient (Wildman–Crippen LogP) is 4.22. The van der Waals surface area contributed by atoms with Gasteiger partial charge in [-0.05, 0) is 49.0 Å². The Morgan fingerprint density at radius 1 is 0.885 bits per heavy atom. The van der Waals surface area contributed by atoms with Crippen LogP contribution in [0.4, 0.5) is 5.69 Å². The smallest absolute Gasteiger partial charge is 0.212 e. The quantitative estimate of drug-likeness (QED) is 0.513. The normalized spacial score (nSPS) is 11.7. The van der Waals surface area contributed by atoms with Crippen LogP contribution in [0, 0.1) is 0 Å². The van der Waals surface area contributed by atoms with Crippen molar-refractivity contribution >= 4 is 28.7 Å². The van der Waals surface area contributed by atoms with Crippen molar-refractivity contribution in [2.45, 2.75) is 20.4 Å². The van der Waals surface area contributed by atoms with Crippen molar-refractivity contribution in [2.24, 2.45) is 0 Å². The molecule has 0 aliphatic carbocycles. The van der Waals surface area contributed by atoms with Crippen LogP contribution in [0.15, 0.2) is 60.7 Å². The van der Waals surface area contributed by atoms with E-state index in [0.29, 0.717) is 0 Å². The molecular weight excluding hydrogens is 318 g/mol. The molecule has 0 saturated carbocycles. The molecule has 134 valence electrons. The van der Waals surface area contributed by atoms with Crippen LogP contribution in [0.3, 0.4) is 0 Å². The van der Waals surface area contributed by atoms with E-state index in [1.54, 1.807) is 0 Å². The first kappa shape index (κ1) is 18.2. The number of anilines is 1. The van der Waals surface area contributed by atoms with Crippen molar-refractivity contribution < 1.29 is 4.57 Å². The molecule has 0 aliphatic heterocycles. The van der Waals surface area contributed by atoms with Gasteiger partial charge in [0.25, 0.3) is 0 Å². The fourth-order valence-corrected chi connectivity index (χ4v) is 3.24. The zero-order valence-electron chi connectivity index (χ0n) is 15.7. The highest BCUT2D eigenvalue weighted by molar-refractivity contribution is 5.77. The Labute approximate surface area is 156 Å². The van der Waals surface area contributed by atoms with Gasteiger partial charge in [0.1, 0.15) is 0 Å². The number of nitrogen functional groups attached to an aromatic ring is 1. The fraction of sp³-hybridized carbons (Fsp3) is 0.261. The summed E-state index contributed by atoms with van der Waals surface area (Å²) < 4.78 is 2.42. The molecule has 0 saturated heterocycles. The lowest BCUT2D eigenvalue weighted by Crippen LogP contribution is -2.43. The largest absolute Gasteiger partial charge is 0.399 e. The Hall–Kier alpha value is -2.65. The van der Waals surface area contributed by atoms with Gasteiger partial charge in [0, 0.05) is 29.3 Å². The van der Waals surface area contributed by atoms with Crippen molar-refractivity contribution in [3.05, 3.63) is 71.9 Å². The summed E-state index contributed by atoms with van der Waals surface area (Å²) >= 11 is 0. The lowest BCUT2D eigenvalue weighted by Gasteiger charge is -2.16. The molecule has 2 aromatic carbocycles. The first-order valence-electron chi connectivity index (χ1n) is 9.39. The van der Waals surface area contributed by atoms with Crippen LogP contribution < -0.4 is 10.3 Å². The molecule has 0 bridgehead atoms. The van der Waals surface area contributed by atoms with Gasteiger partial charge in [0.15, 0.2) is 6.54 Å². The average molecular weight is 346 g/mol. The van der Waals surface area contributed by atoms with Crippen LogP contribution in [0.25, 0.3) is 23.1 Å². The summed E-state index contributed by atoms with van der Waals surface area (Å²) in [6.07, 6.45) is 4.34. The zero-order valence-corrected chi connectivity index (χ0v) is 15.7. The Morgan fingerprint density at radius 2 is 1.62 bits per heavy atom. The molecule has 26 heavy (non-hydrogen) atoms. The van der Waals surface area contributed by atoms with E-state index in [9.17, 15) is 0 Å². The average Bonchev–Trinajstić information content (AvgIpc) is 2.68. The molecule has 0 amide bonds. The Kier molecular flexibility index (Phi) is 6.03. The topological polar surface area (TPSA) is 33.1 Å². The van der Waals surface area contributed by atoms with Crippen molar-refractivity contribution in [2.75, 3.05) is 25.4 Å². The molecule has 3 aromatic rings. The van der Waals surface area contributed by atoms with Crippen molar-refractivity contribution in [1.29, 1.82) is 0 Å². The first-order valence-corrected chi connectivity index (χ1v) is 9.39. The Bertz CT molecular complexity index is 878. The molecule has 0 aliphatic rings. The van der Waals surface area contributed by atoms with Crippen molar-refractivity contribution in [1.82, 2.24) is 4.90 Å². The number of nitrogens with zero attached hydrogens (tertiary/aromatic N) is 2. The second-order valence-electron chi connectivity index (χ2n) is 6.50. The molecule has 3 heteroatoms. The maximum Gasteiger partial charge on any atom is 0.212 e. The van der Waals surface area contributed by atoms with E-state index in [0.717, 1.165) is 37.4 Å². The molecule has 2 N–H and O–H groups in total. The molecule has 0 spiro atoms. The van der Waals surface area contributed by atoms with Gasteiger partial charge >= 0.3 is 0 Å². The van der Waals surface area contributed by atoms with Gasteiger partial charge in [-0.15, -0.1) is 0 Å². The molecular formula is C23H28N3+. The third kappa shape index (κ3) is 4.30. The van der Waals surface area contributed by atoms with Crippen LogP contribution in [0.1, 0.15) is 25.1 Å². The highest BCUT2D eigenvalue weighted by atomic mass is 15.1. The van der Waals surface area contributed by atoms with Gasteiger partial charge in [0.2, 0.25) is 11.2 Å². The SMILES string of the molecule is CCN(CC)CC[n+]1c(C=Cc2ccc(N)cc2)ccc2ccccc21. The maximum absolute atomic E-state index is 5.78. The minimum Gasteiger partial charge on any atom is -0.399 e. The fourth-order valence-electron chi connectivity index (χ4n) is 3.24. The van der Waals surface area contributed by atoms with Crippen LogP contribution in [-0.2, 0) is 6.54 Å². The number of rotatable bonds is 7. The Balaban J connectivity index is 1.95. The number of hydrogen-bond acceptors (Lipinski definition) is 2. The third-order valence-corrected chi connectivity index (χ3v) is 4.89. The molecule has 0 radical (unpaired) electrons. The molecule has 0 atom stereocenters. The zero-order chi connectivity index (χ0) is 18.4. The molecule has 0 unspecified atom stereocenters. The lowest BCUT2D eigenvalue weighted by atomic mass is 10.1. The standard InChI is InChI=1S/C23H27N3/c1-3-25(4-2)17-18-26-22(15-11-19-9-13-21(24)14-10-19)16-12-20-7-5-6-8-23(20)26/h5-16,24H,3-4,17-18H2,1-2H3/p+1. The van der Waals surface area contributed by atoms with Gasteiger partial charge in [-0.3, -0.25) is 4.90 Å². The van der Waals surface area contributed by atoms with Crippen LogP contribution in [0.5, 0.6) is 0 Å². The molecule has 3 nitrogen and oxygen atoms in total. The molecule has 1 aromatic heterocycles. The number of benzene rings is 2. The van der Waals surface area contributed by atoms with Gasteiger partial charge in [-0.25, -0.2) is 0 Å². The maximum atomic E-state index is 5.78. The second kappa shape index (κ2) is 8.63. The first-order chi connectivity index (χ1) is 12.7. The number of aromatic nitrogens is 1. The minimum absolute atomic E-state index is 0.794. The minimum atomic E-state index is 0.794. The highest BCUT2D eigenvalue weighted by Crippen LogP contribution is 2.14. The van der Waals surface area contributed by atoms with Crippen LogP contribution >= 0.6 is 0 Å². The van der Waals surface area contributed by atoms with E-state index in [4.69, 9.17) is 5.73 Å². The van der Waals surface area contributed by atoms with E-state index < -0.39 is 0 Å². The number of fused-ring (bicyclic) bond motifs is 1. The van der Waals surface area contributed by atoms with Crippen molar-refractivity contribution in [3.63, 3.8) is 0 Å². The summed E-state index contributed by atoms with van der Waals surface area (Å²) in [6.45, 7) is 8.63. The summed E-state index contributed by atoms with van der Waals surface area (Å²) in [5.41, 5.74) is 10.2. The summed E-state index contributed by atoms with van der Waals surface area (Å²) in [4.78, 5) is 2.46. The highest BCUT2D eigenvalue weighted by Gasteiger charge is 2.14. The predicted molar refractivity (Wildman–Crippen MR) is 112 cm³/mol. The van der Waals surface area contributed by atoms with Crippen LogP contribution in [0.2, 0.25) is 0 Å². The third-order valence-electron chi connectivity index (χ3n) is 4.89.